The summed E-state index contributed by atoms with van der Waals surface area (Å²) in [5.74, 6) is 1.57. The van der Waals surface area contributed by atoms with E-state index < -0.39 is 0 Å². The van der Waals surface area contributed by atoms with Gasteiger partial charge in [-0.2, -0.15) is 5.10 Å². The van der Waals surface area contributed by atoms with Gasteiger partial charge in [-0.3, -0.25) is 0 Å². The molecule has 2 N–H and O–H groups in total. The number of nitrogens with one attached hydrogen (secondary N) is 2. The monoisotopic (exact) mass is 232 g/mol. The minimum atomic E-state index is 0.202. The fourth-order valence-electron chi connectivity index (χ4n) is 1.43. The summed E-state index contributed by atoms with van der Waals surface area (Å²) in [5.41, 5.74) is 1.16. The molecular formula is C12H16N4O. The average Bonchev–Trinajstić information content (AvgIpc) is 2.80. The third kappa shape index (κ3) is 3.48. The number of aromatic amines is 1. The number of ether oxygens (including phenoxy) is 1. The lowest BCUT2D eigenvalue weighted by atomic mass is 10.2. The normalized spacial score (nSPS) is 10.5. The first-order chi connectivity index (χ1) is 8.24. The Morgan fingerprint density at radius 1 is 1.29 bits per heavy atom. The summed E-state index contributed by atoms with van der Waals surface area (Å²) in [6.07, 6.45) is 1.68. The van der Waals surface area contributed by atoms with Crippen LogP contribution >= 0.6 is 0 Å². The molecule has 17 heavy (non-hydrogen) atoms. The van der Waals surface area contributed by atoms with Crippen LogP contribution in [0.4, 0.5) is 5.95 Å². The number of aromatic nitrogens is 3. The fourth-order valence-corrected chi connectivity index (χ4v) is 1.43. The van der Waals surface area contributed by atoms with Gasteiger partial charge in [0.1, 0.15) is 12.1 Å². The number of benzene rings is 1. The molecule has 0 saturated carbocycles. The van der Waals surface area contributed by atoms with Crippen LogP contribution in [0.15, 0.2) is 30.6 Å². The van der Waals surface area contributed by atoms with E-state index in [2.05, 4.69) is 20.5 Å². The van der Waals surface area contributed by atoms with Crippen LogP contribution in [-0.4, -0.2) is 21.3 Å². The van der Waals surface area contributed by atoms with Crippen molar-refractivity contribution >= 4 is 5.95 Å². The molecule has 1 heterocycles. The van der Waals surface area contributed by atoms with Crippen LogP contribution < -0.4 is 10.1 Å². The second kappa shape index (κ2) is 5.34. The highest BCUT2D eigenvalue weighted by molar-refractivity contribution is 5.30. The van der Waals surface area contributed by atoms with Crippen molar-refractivity contribution in [3.8, 4) is 5.75 Å². The molecule has 2 aromatic rings. The topological polar surface area (TPSA) is 62.8 Å². The summed E-state index contributed by atoms with van der Waals surface area (Å²) in [5, 5.41) is 9.64. The van der Waals surface area contributed by atoms with E-state index in [1.165, 1.54) is 6.33 Å². The molecule has 0 aliphatic carbocycles. The first kappa shape index (κ1) is 11.4. The first-order valence-electron chi connectivity index (χ1n) is 5.59. The molecule has 0 amide bonds. The Hall–Kier alpha value is -2.04. The predicted octanol–water partition coefficient (Wildman–Crippen LogP) is 2.20. The van der Waals surface area contributed by atoms with Crippen LogP contribution in [0.1, 0.15) is 19.4 Å². The van der Waals surface area contributed by atoms with E-state index in [0.717, 1.165) is 11.3 Å². The SMILES string of the molecule is CC(C)Oc1ccc(CNc2ncn[nH]2)cc1. The highest BCUT2D eigenvalue weighted by Crippen LogP contribution is 2.14. The van der Waals surface area contributed by atoms with Crippen LogP contribution in [0.5, 0.6) is 5.75 Å². The smallest absolute Gasteiger partial charge is 0.218 e. The van der Waals surface area contributed by atoms with E-state index in [4.69, 9.17) is 4.74 Å². The van der Waals surface area contributed by atoms with E-state index in [1.54, 1.807) is 0 Å². The van der Waals surface area contributed by atoms with Gasteiger partial charge in [-0.1, -0.05) is 12.1 Å². The van der Waals surface area contributed by atoms with Gasteiger partial charge >= 0.3 is 0 Å². The van der Waals surface area contributed by atoms with E-state index in [-0.39, 0.29) is 6.10 Å². The molecule has 0 fully saturated rings. The van der Waals surface area contributed by atoms with Crippen molar-refractivity contribution in [1.29, 1.82) is 0 Å². The van der Waals surface area contributed by atoms with Crippen LogP contribution in [0.25, 0.3) is 0 Å². The number of H-pyrrole nitrogens is 1. The summed E-state index contributed by atoms with van der Waals surface area (Å²) in [6.45, 7) is 4.73. The lowest BCUT2D eigenvalue weighted by Gasteiger charge is -2.10. The minimum Gasteiger partial charge on any atom is -0.491 e. The molecule has 0 aliphatic heterocycles. The maximum absolute atomic E-state index is 5.57. The fraction of sp³-hybridized carbons (Fsp3) is 0.333. The summed E-state index contributed by atoms with van der Waals surface area (Å²) in [6, 6.07) is 8.00. The Morgan fingerprint density at radius 2 is 2.06 bits per heavy atom. The lowest BCUT2D eigenvalue weighted by Crippen LogP contribution is -2.05. The molecule has 1 aromatic heterocycles. The Bertz CT molecular complexity index is 436. The molecule has 0 bridgehead atoms. The molecule has 1 aromatic carbocycles. The number of hydrogen-bond donors (Lipinski definition) is 2. The van der Waals surface area contributed by atoms with Gasteiger partial charge in [-0.25, -0.2) is 10.1 Å². The Morgan fingerprint density at radius 3 is 2.65 bits per heavy atom. The van der Waals surface area contributed by atoms with Crippen LogP contribution in [0, 0.1) is 0 Å². The quantitative estimate of drug-likeness (QED) is 0.829. The van der Waals surface area contributed by atoms with E-state index in [9.17, 15) is 0 Å². The second-order valence-electron chi connectivity index (χ2n) is 4.00. The van der Waals surface area contributed by atoms with E-state index in [0.29, 0.717) is 12.5 Å². The largest absolute Gasteiger partial charge is 0.491 e. The molecule has 0 aliphatic rings. The number of anilines is 1. The number of rotatable bonds is 5. The summed E-state index contributed by atoms with van der Waals surface area (Å²) in [7, 11) is 0. The highest BCUT2D eigenvalue weighted by atomic mass is 16.5. The van der Waals surface area contributed by atoms with Crippen molar-refractivity contribution in [2.45, 2.75) is 26.5 Å². The molecule has 0 saturated heterocycles. The molecule has 5 nitrogen and oxygen atoms in total. The molecule has 0 atom stereocenters. The lowest BCUT2D eigenvalue weighted by molar-refractivity contribution is 0.242. The molecular weight excluding hydrogens is 216 g/mol. The van der Waals surface area contributed by atoms with Gasteiger partial charge in [0.15, 0.2) is 0 Å². The van der Waals surface area contributed by atoms with E-state index >= 15 is 0 Å². The van der Waals surface area contributed by atoms with Gasteiger partial charge in [0, 0.05) is 6.54 Å². The van der Waals surface area contributed by atoms with Crippen molar-refractivity contribution in [2.75, 3.05) is 5.32 Å². The maximum atomic E-state index is 5.57. The van der Waals surface area contributed by atoms with Gasteiger partial charge in [0.2, 0.25) is 5.95 Å². The van der Waals surface area contributed by atoms with Crippen molar-refractivity contribution in [2.24, 2.45) is 0 Å². The van der Waals surface area contributed by atoms with Crippen molar-refractivity contribution in [3.63, 3.8) is 0 Å². The summed E-state index contributed by atoms with van der Waals surface area (Å²) < 4.78 is 5.57. The first-order valence-corrected chi connectivity index (χ1v) is 5.59. The molecule has 90 valence electrons. The molecule has 0 unspecified atom stereocenters. The van der Waals surface area contributed by atoms with Gasteiger partial charge in [-0.05, 0) is 31.5 Å². The number of hydrogen-bond acceptors (Lipinski definition) is 4. The standard InChI is InChI=1S/C12H16N4O/c1-9(2)17-11-5-3-10(4-6-11)7-13-12-14-8-15-16-12/h3-6,8-9H,7H2,1-2H3,(H2,13,14,15,16). The van der Waals surface area contributed by atoms with Gasteiger partial charge < -0.3 is 10.1 Å². The minimum absolute atomic E-state index is 0.202. The third-order valence-electron chi connectivity index (χ3n) is 2.17. The van der Waals surface area contributed by atoms with Crippen LogP contribution in [0.3, 0.4) is 0 Å². The Kier molecular flexibility index (Phi) is 3.59. The van der Waals surface area contributed by atoms with E-state index in [1.807, 2.05) is 38.1 Å². The zero-order valence-electron chi connectivity index (χ0n) is 9.97. The Labute approximate surface area is 100 Å². The van der Waals surface area contributed by atoms with Crippen LogP contribution in [0.2, 0.25) is 0 Å². The van der Waals surface area contributed by atoms with Crippen molar-refractivity contribution in [3.05, 3.63) is 36.2 Å². The van der Waals surface area contributed by atoms with Crippen LogP contribution in [-0.2, 0) is 6.54 Å². The maximum Gasteiger partial charge on any atom is 0.218 e. The molecule has 0 spiro atoms. The summed E-state index contributed by atoms with van der Waals surface area (Å²) >= 11 is 0. The second-order valence-corrected chi connectivity index (χ2v) is 4.00. The average molecular weight is 232 g/mol. The van der Waals surface area contributed by atoms with Gasteiger partial charge in [0.25, 0.3) is 0 Å². The van der Waals surface area contributed by atoms with Crippen molar-refractivity contribution in [1.82, 2.24) is 15.2 Å². The zero-order chi connectivity index (χ0) is 12.1. The molecule has 0 radical (unpaired) electrons. The van der Waals surface area contributed by atoms with Gasteiger partial charge in [0.05, 0.1) is 6.10 Å². The van der Waals surface area contributed by atoms with Crippen molar-refractivity contribution < 1.29 is 4.74 Å². The summed E-state index contributed by atoms with van der Waals surface area (Å²) in [4.78, 5) is 3.99. The van der Waals surface area contributed by atoms with Gasteiger partial charge in [-0.15, -0.1) is 0 Å². The zero-order valence-corrected chi connectivity index (χ0v) is 9.97. The predicted molar refractivity (Wildman–Crippen MR) is 65.9 cm³/mol. The molecule has 2 rings (SSSR count). The highest BCUT2D eigenvalue weighted by Gasteiger charge is 1.99. The third-order valence-corrected chi connectivity index (χ3v) is 2.17. The number of nitrogens with zero attached hydrogens (tertiary/aromatic N) is 2. The Balaban J connectivity index is 1.89. The molecule has 5 heteroatoms.